The van der Waals surface area contributed by atoms with Crippen molar-refractivity contribution in [3.63, 3.8) is 0 Å². The molecule has 3 rings (SSSR count). The lowest BCUT2D eigenvalue weighted by Crippen LogP contribution is -2.54. The molecule has 1 aromatic carbocycles. The average molecular weight is 354 g/mol. The molecule has 1 heterocycles. The van der Waals surface area contributed by atoms with Gasteiger partial charge >= 0.3 is 12.2 Å². The van der Waals surface area contributed by atoms with Gasteiger partial charge in [0.15, 0.2) is 0 Å². The number of aryl methyl sites for hydroxylation is 1. The zero-order chi connectivity index (χ0) is 18.2. The maximum absolute atomic E-state index is 13.2. The van der Waals surface area contributed by atoms with Gasteiger partial charge in [-0.15, -0.1) is 0 Å². The standard InChI is InChI=1S/C19H25F3N2O/c1-12-6-3-8-15-14(12)7-4-10-17(15)23-18(25)24-11-5-9-16(13(24)2)19(20,21)22/h3,6,8,13,16-17H,4-5,7,9-11H2,1-2H3,(H,23,25). The van der Waals surface area contributed by atoms with E-state index in [1.807, 2.05) is 12.1 Å². The largest absolute Gasteiger partial charge is 0.393 e. The number of urea groups is 1. The van der Waals surface area contributed by atoms with Gasteiger partial charge < -0.3 is 10.2 Å². The number of nitrogens with zero attached hydrogens (tertiary/aromatic N) is 1. The van der Waals surface area contributed by atoms with E-state index < -0.39 is 18.1 Å². The van der Waals surface area contributed by atoms with Crippen molar-refractivity contribution in [3.05, 3.63) is 34.9 Å². The third kappa shape index (κ3) is 3.62. The lowest BCUT2D eigenvalue weighted by Gasteiger charge is -2.41. The summed E-state index contributed by atoms with van der Waals surface area (Å²) in [5.74, 6) is -1.44. The Morgan fingerprint density at radius 3 is 2.72 bits per heavy atom. The molecule has 1 aliphatic heterocycles. The third-order valence-corrected chi connectivity index (χ3v) is 5.71. The average Bonchev–Trinajstić information content (AvgIpc) is 2.55. The molecule has 1 saturated heterocycles. The highest BCUT2D eigenvalue weighted by Crippen LogP contribution is 2.38. The van der Waals surface area contributed by atoms with E-state index in [9.17, 15) is 18.0 Å². The number of carbonyl (C=O) groups is 1. The van der Waals surface area contributed by atoms with Gasteiger partial charge in [-0.25, -0.2) is 4.79 Å². The Labute approximate surface area is 146 Å². The Morgan fingerprint density at radius 2 is 2.00 bits per heavy atom. The number of alkyl halides is 3. The molecular formula is C19H25F3N2O. The molecule has 0 aromatic heterocycles. The van der Waals surface area contributed by atoms with Crippen molar-refractivity contribution in [1.82, 2.24) is 10.2 Å². The predicted molar refractivity (Wildman–Crippen MR) is 90.3 cm³/mol. The molecule has 138 valence electrons. The summed E-state index contributed by atoms with van der Waals surface area (Å²) >= 11 is 0. The zero-order valence-corrected chi connectivity index (χ0v) is 14.7. The molecule has 1 aliphatic carbocycles. The number of benzene rings is 1. The topological polar surface area (TPSA) is 32.3 Å². The van der Waals surface area contributed by atoms with Crippen molar-refractivity contribution >= 4 is 6.03 Å². The molecule has 2 amide bonds. The van der Waals surface area contributed by atoms with E-state index in [1.165, 1.54) is 23.0 Å². The number of hydrogen-bond donors (Lipinski definition) is 1. The Bertz CT molecular complexity index is 644. The number of amides is 2. The number of rotatable bonds is 1. The highest BCUT2D eigenvalue weighted by molar-refractivity contribution is 5.75. The normalized spacial score (nSPS) is 26.9. The summed E-state index contributed by atoms with van der Waals surface area (Å²) in [7, 11) is 0. The number of hydrogen-bond acceptors (Lipinski definition) is 1. The first-order valence-corrected chi connectivity index (χ1v) is 9.01. The molecule has 0 spiro atoms. The zero-order valence-electron chi connectivity index (χ0n) is 14.7. The molecule has 6 heteroatoms. The van der Waals surface area contributed by atoms with Gasteiger partial charge in [0.25, 0.3) is 0 Å². The van der Waals surface area contributed by atoms with Crippen molar-refractivity contribution < 1.29 is 18.0 Å². The second-order valence-electron chi connectivity index (χ2n) is 7.26. The van der Waals surface area contributed by atoms with Gasteiger partial charge in [-0.2, -0.15) is 13.2 Å². The minimum Gasteiger partial charge on any atom is -0.331 e. The summed E-state index contributed by atoms with van der Waals surface area (Å²) in [4.78, 5) is 14.1. The first-order valence-electron chi connectivity index (χ1n) is 9.01. The van der Waals surface area contributed by atoms with Crippen LogP contribution in [-0.2, 0) is 6.42 Å². The highest BCUT2D eigenvalue weighted by Gasteiger charge is 2.47. The molecule has 25 heavy (non-hydrogen) atoms. The molecule has 3 nitrogen and oxygen atoms in total. The SMILES string of the molecule is Cc1cccc2c1CCCC2NC(=O)N1CCCC(C(F)(F)F)C1C. The summed E-state index contributed by atoms with van der Waals surface area (Å²) in [6, 6.07) is 4.74. The second kappa shape index (κ2) is 6.89. The van der Waals surface area contributed by atoms with Crippen molar-refractivity contribution in [3.8, 4) is 0 Å². The summed E-state index contributed by atoms with van der Waals surface area (Å²) in [6.45, 7) is 3.95. The van der Waals surface area contributed by atoms with Crippen LogP contribution in [0.5, 0.6) is 0 Å². The highest BCUT2D eigenvalue weighted by atomic mass is 19.4. The minimum atomic E-state index is -4.26. The van der Waals surface area contributed by atoms with Crippen LogP contribution >= 0.6 is 0 Å². The summed E-state index contributed by atoms with van der Waals surface area (Å²) in [5.41, 5.74) is 3.58. The smallest absolute Gasteiger partial charge is 0.331 e. The first-order chi connectivity index (χ1) is 11.8. The summed E-state index contributed by atoms with van der Waals surface area (Å²) in [5, 5.41) is 2.99. The van der Waals surface area contributed by atoms with E-state index in [4.69, 9.17) is 0 Å². The number of fused-ring (bicyclic) bond motifs is 1. The fourth-order valence-electron chi connectivity index (χ4n) is 4.28. The molecule has 3 atom stereocenters. The Balaban J connectivity index is 1.74. The van der Waals surface area contributed by atoms with Crippen molar-refractivity contribution in [2.75, 3.05) is 6.54 Å². The van der Waals surface area contributed by atoms with E-state index in [0.717, 1.165) is 24.8 Å². The van der Waals surface area contributed by atoms with Gasteiger partial charge in [0.05, 0.1) is 12.0 Å². The fraction of sp³-hybridized carbons (Fsp3) is 0.632. The van der Waals surface area contributed by atoms with Gasteiger partial charge in [-0.05, 0) is 62.6 Å². The molecule has 0 saturated carbocycles. The van der Waals surface area contributed by atoms with Crippen LogP contribution in [-0.4, -0.2) is 29.7 Å². The third-order valence-electron chi connectivity index (χ3n) is 5.71. The van der Waals surface area contributed by atoms with Crippen molar-refractivity contribution in [1.29, 1.82) is 0 Å². The van der Waals surface area contributed by atoms with Gasteiger partial charge in [0, 0.05) is 12.6 Å². The van der Waals surface area contributed by atoms with Gasteiger partial charge in [-0.1, -0.05) is 18.2 Å². The van der Waals surface area contributed by atoms with Crippen molar-refractivity contribution in [2.45, 2.75) is 64.2 Å². The Morgan fingerprint density at radius 1 is 1.24 bits per heavy atom. The van der Waals surface area contributed by atoms with E-state index in [-0.39, 0.29) is 18.5 Å². The van der Waals surface area contributed by atoms with Crippen LogP contribution < -0.4 is 5.32 Å². The second-order valence-corrected chi connectivity index (χ2v) is 7.26. The van der Waals surface area contributed by atoms with E-state index in [0.29, 0.717) is 13.0 Å². The lowest BCUT2D eigenvalue weighted by molar-refractivity contribution is -0.195. The van der Waals surface area contributed by atoms with Gasteiger partial charge in [0.2, 0.25) is 0 Å². The summed E-state index contributed by atoms with van der Waals surface area (Å²) < 4.78 is 39.5. The fourth-order valence-corrected chi connectivity index (χ4v) is 4.28. The van der Waals surface area contributed by atoms with Crippen molar-refractivity contribution in [2.24, 2.45) is 5.92 Å². The van der Waals surface area contributed by atoms with Crippen LogP contribution in [0.15, 0.2) is 18.2 Å². The quantitative estimate of drug-likeness (QED) is 0.776. The number of carbonyl (C=O) groups excluding carboxylic acids is 1. The molecule has 1 N–H and O–H groups in total. The van der Waals surface area contributed by atoms with Crippen LogP contribution in [0.4, 0.5) is 18.0 Å². The molecule has 2 aliphatic rings. The first kappa shape index (κ1) is 18.1. The van der Waals surface area contributed by atoms with E-state index in [1.54, 1.807) is 0 Å². The molecule has 3 unspecified atom stereocenters. The van der Waals surface area contributed by atoms with E-state index >= 15 is 0 Å². The van der Waals surface area contributed by atoms with Crippen LogP contribution in [0.25, 0.3) is 0 Å². The number of piperidine rings is 1. The molecule has 1 fully saturated rings. The van der Waals surface area contributed by atoms with Gasteiger partial charge in [0.1, 0.15) is 0 Å². The maximum Gasteiger partial charge on any atom is 0.393 e. The summed E-state index contributed by atoms with van der Waals surface area (Å²) in [6.07, 6.45) is -0.976. The van der Waals surface area contributed by atoms with Crippen LogP contribution in [0.1, 0.15) is 55.3 Å². The Hall–Kier alpha value is -1.72. The van der Waals surface area contributed by atoms with Crippen LogP contribution in [0.2, 0.25) is 0 Å². The Kier molecular flexibility index (Phi) is 4.98. The number of nitrogens with one attached hydrogen (secondary N) is 1. The predicted octanol–water partition coefficient (Wildman–Crippen LogP) is 4.74. The van der Waals surface area contributed by atoms with Gasteiger partial charge in [-0.3, -0.25) is 0 Å². The van der Waals surface area contributed by atoms with E-state index in [2.05, 4.69) is 18.3 Å². The molecule has 1 aromatic rings. The van der Waals surface area contributed by atoms with Crippen LogP contribution in [0.3, 0.4) is 0 Å². The number of likely N-dealkylation sites (tertiary alicyclic amines) is 1. The lowest BCUT2D eigenvalue weighted by atomic mass is 9.85. The minimum absolute atomic E-state index is 0.0971. The molecule has 0 bridgehead atoms. The monoisotopic (exact) mass is 354 g/mol. The molecular weight excluding hydrogens is 329 g/mol. The maximum atomic E-state index is 13.2. The number of halogens is 3. The van der Waals surface area contributed by atoms with Crippen LogP contribution in [0, 0.1) is 12.8 Å². The molecule has 0 radical (unpaired) electrons.